The molecule has 5 nitrogen and oxygen atoms in total. The smallest absolute Gasteiger partial charge is 0.445 e. The maximum absolute atomic E-state index is 12.7. The summed E-state index contributed by atoms with van der Waals surface area (Å²) in [7, 11) is 0. The van der Waals surface area contributed by atoms with Gasteiger partial charge in [0, 0.05) is 6.04 Å². The molecular formula is C12H14F3N3O2S. The average Bonchev–Trinajstić information content (AvgIpc) is 3.01. The van der Waals surface area contributed by atoms with Crippen LogP contribution in [-0.4, -0.2) is 33.4 Å². The monoisotopic (exact) mass is 321 g/mol. The highest BCUT2D eigenvalue weighted by molar-refractivity contribution is 7.15. The maximum Gasteiger partial charge on any atom is 0.445 e. The molecule has 1 aromatic heterocycles. The number of carboxylic acids is 1. The number of rotatable bonds is 2. The Kier molecular flexibility index (Phi) is 3.54. The Hall–Kier alpha value is -1.38. The molecule has 116 valence electrons. The van der Waals surface area contributed by atoms with Gasteiger partial charge in [-0.2, -0.15) is 13.2 Å². The van der Waals surface area contributed by atoms with E-state index in [1.807, 2.05) is 0 Å². The lowest BCUT2D eigenvalue weighted by atomic mass is 9.85. The Bertz CT molecular complexity index is 548. The first kappa shape index (κ1) is 14.6. The van der Waals surface area contributed by atoms with Crippen LogP contribution >= 0.6 is 11.3 Å². The predicted molar refractivity (Wildman–Crippen MR) is 69.2 cm³/mol. The highest BCUT2D eigenvalue weighted by atomic mass is 32.1. The molecule has 3 unspecified atom stereocenters. The summed E-state index contributed by atoms with van der Waals surface area (Å²) < 4.78 is 38.0. The lowest BCUT2D eigenvalue weighted by Gasteiger charge is -2.32. The molecule has 2 fully saturated rings. The molecule has 1 aliphatic carbocycles. The van der Waals surface area contributed by atoms with Gasteiger partial charge in [-0.1, -0.05) is 24.2 Å². The largest absolute Gasteiger partial charge is 0.480 e. The van der Waals surface area contributed by atoms with Gasteiger partial charge in [-0.15, -0.1) is 10.2 Å². The molecule has 0 aromatic carbocycles. The highest BCUT2D eigenvalue weighted by Gasteiger charge is 2.47. The summed E-state index contributed by atoms with van der Waals surface area (Å²) in [5.74, 6) is -0.786. The molecule has 1 N–H and O–H groups in total. The molecule has 1 aromatic rings. The number of fused-ring (bicyclic) bond motifs is 1. The van der Waals surface area contributed by atoms with Crippen LogP contribution in [0.5, 0.6) is 0 Å². The van der Waals surface area contributed by atoms with Gasteiger partial charge in [-0.3, -0.25) is 0 Å². The van der Waals surface area contributed by atoms with Crippen molar-refractivity contribution in [2.75, 3.05) is 4.90 Å². The zero-order chi connectivity index (χ0) is 15.2. The SMILES string of the molecule is O=C(O)C1CC2CCCCC2N1c1nnc(C(F)(F)F)s1. The summed E-state index contributed by atoms with van der Waals surface area (Å²) in [6.07, 6.45) is -0.327. The number of aromatic nitrogens is 2. The highest BCUT2D eigenvalue weighted by Crippen LogP contribution is 2.44. The van der Waals surface area contributed by atoms with E-state index in [1.54, 1.807) is 4.90 Å². The second-order valence-electron chi connectivity index (χ2n) is 5.50. The van der Waals surface area contributed by atoms with Gasteiger partial charge in [0.1, 0.15) is 6.04 Å². The van der Waals surface area contributed by atoms with Gasteiger partial charge in [0.2, 0.25) is 10.1 Å². The lowest BCUT2D eigenvalue weighted by Crippen LogP contribution is -2.42. The number of aliphatic carboxylic acids is 1. The number of anilines is 1. The van der Waals surface area contributed by atoms with E-state index in [-0.39, 0.29) is 17.1 Å². The minimum Gasteiger partial charge on any atom is -0.480 e. The van der Waals surface area contributed by atoms with Crippen molar-refractivity contribution in [3.8, 4) is 0 Å². The fourth-order valence-electron chi connectivity index (χ4n) is 3.39. The molecule has 1 saturated carbocycles. The van der Waals surface area contributed by atoms with Crippen LogP contribution in [0, 0.1) is 5.92 Å². The topological polar surface area (TPSA) is 66.3 Å². The molecule has 3 rings (SSSR count). The number of hydrogen-bond acceptors (Lipinski definition) is 5. The third-order valence-corrected chi connectivity index (χ3v) is 5.23. The fourth-order valence-corrected chi connectivity index (χ4v) is 4.21. The Balaban J connectivity index is 1.93. The van der Waals surface area contributed by atoms with Crippen molar-refractivity contribution in [2.24, 2.45) is 5.92 Å². The number of halogens is 3. The fraction of sp³-hybridized carbons (Fsp3) is 0.750. The average molecular weight is 321 g/mol. The first-order valence-electron chi connectivity index (χ1n) is 6.80. The number of nitrogens with zero attached hydrogens (tertiary/aromatic N) is 3. The zero-order valence-electron chi connectivity index (χ0n) is 11.0. The van der Waals surface area contributed by atoms with Crippen molar-refractivity contribution in [1.82, 2.24) is 10.2 Å². The third-order valence-electron chi connectivity index (χ3n) is 4.25. The molecule has 1 aliphatic heterocycles. The molecule has 1 saturated heterocycles. The third kappa shape index (κ3) is 2.58. The molecule has 0 spiro atoms. The summed E-state index contributed by atoms with van der Waals surface area (Å²) in [6, 6.07) is -0.832. The minimum absolute atomic E-state index is 0.0334. The first-order valence-corrected chi connectivity index (χ1v) is 7.61. The summed E-state index contributed by atoms with van der Waals surface area (Å²) >= 11 is 0.429. The zero-order valence-corrected chi connectivity index (χ0v) is 11.8. The molecule has 2 heterocycles. The number of carboxylic acid groups (broad SMARTS) is 1. The van der Waals surface area contributed by atoms with Gasteiger partial charge in [-0.05, 0) is 25.2 Å². The van der Waals surface area contributed by atoms with Gasteiger partial charge < -0.3 is 10.0 Å². The van der Waals surface area contributed by atoms with Gasteiger partial charge >= 0.3 is 12.1 Å². The normalized spacial score (nSPS) is 29.5. The lowest BCUT2D eigenvalue weighted by molar-refractivity contribution is -0.139. The van der Waals surface area contributed by atoms with Crippen LogP contribution in [-0.2, 0) is 11.0 Å². The predicted octanol–water partition coefficient (Wildman–Crippen LogP) is 2.78. The molecule has 0 radical (unpaired) electrons. The Morgan fingerprint density at radius 1 is 1.29 bits per heavy atom. The summed E-state index contributed by atoms with van der Waals surface area (Å²) in [4.78, 5) is 13.0. The van der Waals surface area contributed by atoms with Crippen molar-refractivity contribution in [3.63, 3.8) is 0 Å². The van der Waals surface area contributed by atoms with Crippen molar-refractivity contribution in [3.05, 3.63) is 5.01 Å². The van der Waals surface area contributed by atoms with E-state index in [4.69, 9.17) is 0 Å². The Morgan fingerprint density at radius 2 is 2.00 bits per heavy atom. The van der Waals surface area contributed by atoms with Crippen LogP contribution < -0.4 is 4.90 Å². The summed E-state index contributed by atoms with van der Waals surface area (Å²) in [6.45, 7) is 0. The quantitative estimate of drug-likeness (QED) is 0.907. The second-order valence-corrected chi connectivity index (χ2v) is 6.45. The number of hydrogen-bond donors (Lipinski definition) is 1. The Morgan fingerprint density at radius 3 is 2.62 bits per heavy atom. The van der Waals surface area contributed by atoms with Crippen LogP contribution in [0.1, 0.15) is 37.1 Å². The molecule has 21 heavy (non-hydrogen) atoms. The van der Waals surface area contributed by atoms with Crippen LogP contribution in [0.15, 0.2) is 0 Å². The van der Waals surface area contributed by atoms with Crippen molar-refractivity contribution in [1.29, 1.82) is 0 Å². The van der Waals surface area contributed by atoms with Crippen LogP contribution in [0.2, 0.25) is 0 Å². The van der Waals surface area contributed by atoms with Crippen molar-refractivity contribution < 1.29 is 23.1 Å². The second kappa shape index (κ2) is 5.11. The minimum atomic E-state index is -4.54. The van der Waals surface area contributed by atoms with E-state index in [0.29, 0.717) is 17.8 Å². The molecule has 0 amide bonds. The van der Waals surface area contributed by atoms with Crippen molar-refractivity contribution >= 4 is 22.4 Å². The maximum atomic E-state index is 12.7. The van der Waals surface area contributed by atoms with Crippen LogP contribution in [0.3, 0.4) is 0 Å². The van der Waals surface area contributed by atoms with Gasteiger partial charge in [0.05, 0.1) is 0 Å². The van der Waals surface area contributed by atoms with Crippen LogP contribution in [0.25, 0.3) is 0 Å². The van der Waals surface area contributed by atoms with E-state index in [2.05, 4.69) is 10.2 Å². The number of carbonyl (C=O) groups is 1. The standard InChI is InChI=1S/C12H14F3N3O2S/c13-12(14,15)10-16-17-11(21-10)18-7-4-2-1-3-6(7)5-8(18)9(19)20/h6-8H,1-5H2,(H,19,20). The summed E-state index contributed by atoms with van der Waals surface area (Å²) in [5.41, 5.74) is 0. The van der Waals surface area contributed by atoms with E-state index in [0.717, 1.165) is 25.7 Å². The van der Waals surface area contributed by atoms with E-state index in [9.17, 15) is 23.1 Å². The first-order chi connectivity index (χ1) is 9.88. The van der Waals surface area contributed by atoms with Gasteiger partial charge in [-0.25, -0.2) is 4.79 Å². The van der Waals surface area contributed by atoms with E-state index < -0.39 is 23.2 Å². The summed E-state index contributed by atoms with van der Waals surface area (Å²) in [5, 5.41) is 15.2. The number of alkyl halides is 3. The molecule has 3 atom stereocenters. The van der Waals surface area contributed by atoms with Crippen LogP contribution in [0.4, 0.5) is 18.3 Å². The van der Waals surface area contributed by atoms with E-state index in [1.165, 1.54) is 0 Å². The molecule has 2 aliphatic rings. The molecule has 0 bridgehead atoms. The van der Waals surface area contributed by atoms with E-state index >= 15 is 0 Å². The van der Waals surface area contributed by atoms with Crippen molar-refractivity contribution in [2.45, 2.75) is 50.4 Å². The molecular weight excluding hydrogens is 307 g/mol. The van der Waals surface area contributed by atoms with Gasteiger partial charge in [0.25, 0.3) is 0 Å². The molecule has 9 heteroatoms. The van der Waals surface area contributed by atoms with Gasteiger partial charge in [0.15, 0.2) is 0 Å². The Labute approximate surface area is 122 Å².